The van der Waals surface area contributed by atoms with E-state index in [1.807, 2.05) is 6.92 Å². The maximum Gasteiger partial charge on any atom is 0.275 e. The summed E-state index contributed by atoms with van der Waals surface area (Å²) in [5, 5.41) is 2.93. The maximum atomic E-state index is 11.7. The van der Waals surface area contributed by atoms with Gasteiger partial charge in [-0.1, -0.05) is 0 Å². The minimum atomic E-state index is -0.0806. The quantitative estimate of drug-likeness (QED) is 0.715. The van der Waals surface area contributed by atoms with Crippen molar-refractivity contribution >= 4 is 0 Å². The van der Waals surface area contributed by atoms with Crippen LogP contribution in [0.15, 0.2) is 23.4 Å². The zero-order valence-electron chi connectivity index (χ0n) is 7.98. The highest BCUT2D eigenvalue weighted by molar-refractivity contribution is 5.22. The van der Waals surface area contributed by atoms with Crippen LogP contribution in [0.4, 0.5) is 0 Å². The summed E-state index contributed by atoms with van der Waals surface area (Å²) in [6, 6.07) is 0. The van der Waals surface area contributed by atoms with E-state index in [1.54, 1.807) is 19.3 Å². The normalized spacial score (nSPS) is 10.4. The van der Waals surface area contributed by atoms with E-state index in [2.05, 4.69) is 15.1 Å². The molecule has 0 aliphatic rings. The molecule has 2 rings (SSSR count). The van der Waals surface area contributed by atoms with Gasteiger partial charge in [-0.05, 0) is 13.8 Å². The minimum absolute atomic E-state index is 0.0806. The second-order valence-corrected chi connectivity index (χ2v) is 3.07. The number of H-pyrrole nitrogens is 1. The van der Waals surface area contributed by atoms with Gasteiger partial charge in [0.2, 0.25) is 0 Å². The van der Waals surface area contributed by atoms with Crippen LogP contribution < -0.4 is 5.56 Å². The molecular weight excluding hydrogens is 180 g/mol. The molecule has 5 heteroatoms. The number of aromatic amines is 1. The first kappa shape index (κ1) is 8.68. The van der Waals surface area contributed by atoms with Crippen LogP contribution in [0.3, 0.4) is 0 Å². The molecule has 0 saturated carbocycles. The molecule has 0 radical (unpaired) electrons. The average Bonchev–Trinajstić information content (AvgIpc) is 2.47. The van der Waals surface area contributed by atoms with Gasteiger partial charge in [-0.2, -0.15) is 4.68 Å². The van der Waals surface area contributed by atoms with Crippen LogP contribution >= 0.6 is 0 Å². The zero-order valence-corrected chi connectivity index (χ0v) is 7.98. The van der Waals surface area contributed by atoms with Gasteiger partial charge < -0.3 is 0 Å². The molecule has 0 atom stereocenters. The van der Waals surface area contributed by atoms with Gasteiger partial charge in [-0.25, -0.2) is 4.98 Å². The summed E-state index contributed by atoms with van der Waals surface area (Å²) in [5.41, 5.74) is 1.47. The predicted octanol–water partition coefficient (Wildman–Crippen LogP) is 0.572. The topological polar surface area (TPSA) is 63.6 Å². The lowest BCUT2D eigenvalue weighted by Crippen LogP contribution is -2.17. The van der Waals surface area contributed by atoms with E-state index < -0.39 is 0 Å². The molecule has 0 amide bonds. The van der Waals surface area contributed by atoms with Crippen molar-refractivity contribution in [3.63, 3.8) is 0 Å². The third kappa shape index (κ3) is 1.22. The summed E-state index contributed by atoms with van der Waals surface area (Å²) in [4.78, 5) is 19.6. The van der Waals surface area contributed by atoms with Crippen molar-refractivity contribution in [2.45, 2.75) is 13.8 Å². The van der Waals surface area contributed by atoms with Gasteiger partial charge in [0, 0.05) is 23.7 Å². The number of aryl methyl sites for hydroxylation is 1. The predicted molar refractivity (Wildman–Crippen MR) is 51.5 cm³/mol. The molecule has 0 bridgehead atoms. The van der Waals surface area contributed by atoms with Crippen LogP contribution in [0.5, 0.6) is 0 Å². The van der Waals surface area contributed by atoms with Crippen molar-refractivity contribution in [3.8, 4) is 5.82 Å². The lowest BCUT2D eigenvalue weighted by Gasteiger charge is -1.97. The van der Waals surface area contributed by atoms with Gasteiger partial charge in [0.05, 0.1) is 6.20 Å². The molecular formula is C9H10N4O. The number of rotatable bonds is 1. The molecule has 0 unspecified atom stereocenters. The summed E-state index contributed by atoms with van der Waals surface area (Å²) in [5.74, 6) is 0.508. The Hall–Kier alpha value is -1.91. The Morgan fingerprint density at radius 3 is 2.64 bits per heavy atom. The molecule has 0 aromatic carbocycles. The molecule has 0 aliphatic carbocycles. The first-order chi connectivity index (χ1) is 6.70. The van der Waals surface area contributed by atoms with E-state index in [0.717, 1.165) is 5.69 Å². The smallest absolute Gasteiger partial charge is 0.275 e. The Labute approximate surface area is 80.4 Å². The second kappa shape index (κ2) is 3.10. The first-order valence-electron chi connectivity index (χ1n) is 4.25. The van der Waals surface area contributed by atoms with Crippen molar-refractivity contribution < 1.29 is 0 Å². The van der Waals surface area contributed by atoms with Crippen LogP contribution in [-0.4, -0.2) is 19.7 Å². The summed E-state index contributed by atoms with van der Waals surface area (Å²) in [7, 11) is 0. The molecule has 2 aromatic heterocycles. The fraction of sp³-hybridized carbons (Fsp3) is 0.222. The van der Waals surface area contributed by atoms with Gasteiger partial charge in [0.1, 0.15) is 0 Å². The van der Waals surface area contributed by atoms with Gasteiger partial charge in [0.25, 0.3) is 5.56 Å². The van der Waals surface area contributed by atoms with Crippen molar-refractivity contribution in [3.05, 3.63) is 40.2 Å². The highest BCUT2D eigenvalue weighted by Crippen LogP contribution is 2.00. The first-order valence-corrected chi connectivity index (χ1v) is 4.25. The highest BCUT2D eigenvalue weighted by atomic mass is 16.1. The maximum absolute atomic E-state index is 11.7. The van der Waals surface area contributed by atoms with Gasteiger partial charge in [-0.15, -0.1) is 0 Å². The fourth-order valence-corrected chi connectivity index (χ4v) is 1.20. The number of hydrogen-bond donors (Lipinski definition) is 1. The second-order valence-electron chi connectivity index (χ2n) is 3.07. The third-order valence-corrected chi connectivity index (χ3v) is 2.14. The van der Waals surface area contributed by atoms with Crippen LogP contribution in [0, 0.1) is 13.8 Å². The van der Waals surface area contributed by atoms with E-state index in [0.29, 0.717) is 11.4 Å². The molecule has 0 saturated heterocycles. The van der Waals surface area contributed by atoms with E-state index in [9.17, 15) is 4.79 Å². The Morgan fingerprint density at radius 1 is 1.36 bits per heavy atom. The molecule has 14 heavy (non-hydrogen) atoms. The van der Waals surface area contributed by atoms with Crippen LogP contribution in [0.2, 0.25) is 0 Å². The van der Waals surface area contributed by atoms with Gasteiger partial charge in [0.15, 0.2) is 5.82 Å². The molecule has 0 aliphatic heterocycles. The van der Waals surface area contributed by atoms with E-state index in [1.165, 1.54) is 10.9 Å². The van der Waals surface area contributed by atoms with Gasteiger partial charge >= 0.3 is 0 Å². The number of aromatic nitrogens is 4. The van der Waals surface area contributed by atoms with Gasteiger partial charge in [-0.3, -0.25) is 14.9 Å². The standard InChI is InChI=1S/C9H10N4O/c1-6-7(2)12-13(9(6)14)8-5-10-3-4-11-8/h3-5,12H,1-2H3. The van der Waals surface area contributed by atoms with E-state index in [4.69, 9.17) is 0 Å². The summed E-state index contributed by atoms with van der Waals surface area (Å²) in [6.45, 7) is 3.63. The lowest BCUT2D eigenvalue weighted by molar-refractivity contribution is 0.799. The number of hydrogen-bond acceptors (Lipinski definition) is 3. The monoisotopic (exact) mass is 190 g/mol. The highest BCUT2D eigenvalue weighted by Gasteiger charge is 2.08. The molecule has 2 aromatic rings. The Kier molecular flexibility index (Phi) is 1.92. The minimum Gasteiger partial charge on any atom is -0.294 e. The number of nitrogens with one attached hydrogen (secondary N) is 1. The molecule has 1 N–H and O–H groups in total. The van der Waals surface area contributed by atoms with Crippen molar-refractivity contribution in [1.29, 1.82) is 0 Å². The van der Waals surface area contributed by atoms with Crippen molar-refractivity contribution in [2.75, 3.05) is 0 Å². The molecule has 72 valence electrons. The van der Waals surface area contributed by atoms with Crippen LogP contribution in [0.1, 0.15) is 11.3 Å². The Bertz CT molecular complexity index is 497. The van der Waals surface area contributed by atoms with Crippen LogP contribution in [0.25, 0.3) is 5.82 Å². The van der Waals surface area contributed by atoms with Crippen LogP contribution in [-0.2, 0) is 0 Å². The SMILES string of the molecule is Cc1[nH]n(-c2cnccn2)c(=O)c1C. The largest absolute Gasteiger partial charge is 0.294 e. The summed E-state index contributed by atoms with van der Waals surface area (Å²) < 4.78 is 1.39. The molecule has 0 spiro atoms. The Morgan fingerprint density at radius 2 is 2.14 bits per heavy atom. The van der Waals surface area contributed by atoms with E-state index >= 15 is 0 Å². The third-order valence-electron chi connectivity index (χ3n) is 2.14. The molecule has 0 fully saturated rings. The van der Waals surface area contributed by atoms with Crippen molar-refractivity contribution in [2.24, 2.45) is 0 Å². The zero-order chi connectivity index (χ0) is 10.1. The van der Waals surface area contributed by atoms with E-state index in [-0.39, 0.29) is 5.56 Å². The number of nitrogens with zero attached hydrogens (tertiary/aromatic N) is 3. The molecule has 2 heterocycles. The lowest BCUT2D eigenvalue weighted by atomic mass is 10.3. The fourth-order valence-electron chi connectivity index (χ4n) is 1.20. The summed E-state index contributed by atoms with van der Waals surface area (Å²) >= 11 is 0. The summed E-state index contributed by atoms with van der Waals surface area (Å²) in [6.07, 6.45) is 4.65. The van der Waals surface area contributed by atoms with Crippen molar-refractivity contribution in [1.82, 2.24) is 19.7 Å². The molecule has 5 nitrogen and oxygen atoms in total. The Balaban J connectivity index is 2.64. The average molecular weight is 190 g/mol.